The highest BCUT2D eigenvalue weighted by Gasteiger charge is 2.22. The highest BCUT2D eigenvalue weighted by Crippen LogP contribution is 2.31. The predicted octanol–water partition coefficient (Wildman–Crippen LogP) is 4.19. The van der Waals surface area contributed by atoms with Crippen LogP contribution < -0.4 is 5.32 Å². The van der Waals surface area contributed by atoms with Gasteiger partial charge in [-0.2, -0.15) is 5.10 Å². The van der Waals surface area contributed by atoms with Gasteiger partial charge in [-0.15, -0.1) is 0 Å². The average molecular weight is 530 g/mol. The van der Waals surface area contributed by atoms with Gasteiger partial charge in [-0.1, -0.05) is 6.92 Å². The summed E-state index contributed by atoms with van der Waals surface area (Å²) in [5.74, 6) is 0.938. The number of hydrogen-bond donors (Lipinski definition) is 2. The highest BCUT2D eigenvalue weighted by molar-refractivity contribution is 5.91. The maximum absolute atomic E-state index is 5.53. The predicted molar refractivity (Wildman–Crippen MR) is 154 cm³/mol. The fourth-order valence-corrected chi connectivity index (χ4v) is 5.70. The zero-order chi connectivity index (χ0) is 26.8. The van der Waals surface area contributed by atoms with Crippen LogP contribution in [0.4, 0.5) is 5.82 Å². The summed E-state index contributed by atoms with van der Waals surface area (Å²) >= 11 is 0. The molecule has 0 bridgehead atoms. The summed E-state index contributed by atoms with van der Waals surface area (Å²) in [6.45, 7) is 7.99. The molecule has 10 heteroatoms. The Labute approximate surface area is 229 Å². The average Bonchev–Trinajstić information content (AvgIpc) is 3.61. The minimum Gasteiger partial charge on any atom is -0.381 e. The van der Waals surface area contributed by atoms with Gasteiger partial charge in [0.15, 0.2) is 5.65 Å². The van der Waals surface area contributed by atoms with E-state index in [0.29, 0.717) is 12.1 Å². The molecule has 0 unspecified atom stereocenters. The molecule has 0 atom stereocenters. The fourth-order valence-electron chi connectivity index (χ4n) is 5.70. The lowest BCUT2D eigenvalue weighted by molar-refractivity contribution is 0.0903. The van der Waals surface area contributed by atoms with E-state index in [4.69, 9.17) is 24.8 Å². The van der Waals surface area contributed by atoms with Crippen LogP contribution in [-0.4, -0.2) is 92.5 Å². The molecular weight excluding hydrogens is 490 g/mol. The van der Waals surface area contributed by atoms with E-state index >= 15 is 0 Å². The minimum atomic E-state index is 0.386. The van der Waals surface area contributed by atoms with Crippen molar-refractivity contribution in [3.8, 4) is 22.4 Å². The Hall–Kier alpha value is -3.34. The second-order valence-corrected chi connectivity index (χ2v) is 11.0. The van der Waals surface area contributed by atoms with Gasteiger partial charge in [0.05, 0.1) is 24.1 Å². The molecule has 0 aromatic carbocycles. The topological polar surface area (TPSA) is 100 Å². The third-order valence-electron chi connectivity index (χ3n) is 7.98. The van der Waals surface area contributed by atoms with Crippen molar-refractivity contribution in [3.05, 3.63) is 42.6 Å². The zero-order valence-electron chi connectivity index (χ0n) is 23.2. The SMILES string of the molecule is CCN1CCC(n2cc(-c3c[nH]c4ncc(-c5cnc(NC6CCOCC6)c(CN(C)C)c5)nc34)cn2)CC1. The van der Waals surface area contributed by atoms with Crippen LogP contribution in [0.1, 0.15) is 44.2 Å². The molecule has 2 fully saturated rings. The van der Waals surface area contributed by atoms with Gasteiger partial charge in [0, 0.05) is 79.7 Å². The lowest BCUT2D eigenvalue weighted by Gasteiger charge is -2.31. The first kappa shape index (κ1) is 25.9. The smallest absolute Gasteiger partial charge is 0.156 e. The molecule has 6 heterocycles. The van der Waals surface area contributed by atoms with E-state index < -0.39 is 0 Å². The van der Waals surface area contributed by atoms with Crippen LogP contribution in [-0.2, 0) is 11.3 Å². The molecule has 0 saturated carbocycles. The summed E-state index contributed by atoms with van der Waals surface area (Å²) in [6.07, 6.45) is 14.1. The maximum atomic E-state index is 5.53. The Morgan fingerprint density at radius 3 is 2.64 bits per heavy atom. The van der Waals surface area contributed by atoms with Gasteiger partial charge in [-0.3, -0.25) is 4.68 Å². The van der Waals surface area contributed by atoms with Crippen LogP contribution in [0.3, 0.4) is 0 Å². The highest BCUT2D eigenvalue weighted by atomic mass is 16.5. The Morgan fingerprint density at radius 1 is 1.05 bits per heavy atom. The first-order chi connectivity index (χ1) is 19.1. The number of H-pyrrole nitrogens is 1. The van der Waals surface area contributed by atoms with Crippen molar-refractivity contribution in [3.63, 3.8) is 0 Å². The summed E-state index contributed by atoms with van der Waals surface area (Å²) in [5.41, 5.74) is 6.64. The van der Waals surface area contributed by atoms with Crippen LogP contribution >= 0.6 is 0 Å². The first-order valence-corrected chi connectivity index (χ1v) is 14.2. The summed E-state index contributed by atoms with van der Waals surface area (Å²) in [5, 5.41) is 8.39. The molecule has 4 aromatic rings. The molecule has 0 amide bonds. The quantitative estimate of drug-likeness (QED) is 0.351. The Morgan fingerprint density at radius 2 is 1.87 bits per heavy atom. The minimum absolute atomic E-state index is 0.386. The largest absolute Gasteiger partial charge is 0.381 e. The second kappa shape index (κ2) is 11.4. The summed E-state index contributed by atoms with van der Waals surface area (Å²) in [4.78, 5) is 22.6. The van der Waals surface area contributed by atoms with Crippen molar-refractivity contribution in [2.24, 2.45) is 0 Å². The van der Waals surface area contributed by atoms with E-state index in [1.807, 2.05) is 24.8 Å². The molecule has 6 rings (SSSR count). The number of likely N-dealkylation sites (tertiary alicyclic amines) is 1. The third kappa shape index (κ3) is 5.68. The number of nitrogens with one attached hydrogen (secondary N) is 2. The molecule has 2 aliphatic heterocycles. The summed E-state index contributed by atoms with van der Waals surface area (Å²) < 4.78 is 7.66. The van der Waals surface area contributed by atoms with E-state index in [2.05, 4.69) is 58.1 Å². The number of piperidine rings is 1. The summed E-state index contributed by atoms with van der Waals surface area (Å²) in [6, 6.07) is 3.02. The molecular formula is C29H39N9O. The van der Waals surface area contributed by atoms with Crippen LogP contribution in [0.15, 0.2) is 37.1 Å². The van der Waals surface area contributed by atoms with E-state index in [1.54, 1.807) is 0 Å². The van der Waals surface area contributed by atoms with Crippen molar-refractivity contribution < 1.29 is 4.74 Å². The number of ether oxygens (including phenoxy) is 1. The number of nitrogens with zero attached hydrogens (tertiary/aromatic N) is 7. The molecule has 0 aliphatic carbocycles. The van der Waals surface area contributed by atoms with Gasteiger partial charge >= 0.3 is 0 Å². The maximum Gasteiger partial charge on any atom is 0.156 e. The lowest BCUT2D eigenvalue weighted by atomic mass is 10.1. The van der Waals surface area contributed by atoms with E-state index in [0.717, 1.165) is 110 Å². The van der Waals surface area contributed by atoms with Gasteiger partial charge < -0.3 is 24.8 Å². The van der Waals surface area contributed by atoms with Crippen LogP contribution in [0, 0.1) is 0 Å². The van der Waals surface area contributed by atoms with Crippen LogP contribution in [0.2, 0.25) is 0 Å². The number of pyridine rings is 1. The molecule has 10 nitrogen and oxygen atoms in total. The normalized spacial score (nSPS) is 17.8. The van der Waals surface area contributed by atoms with E-state index in [-0.39, 0.29) is 0 Å². The van der Waals surface area contributed by atoms with Crippen molar-refractivity contribution in [1.82, 2.24) is 39.5 Å². The molecule has 0 spiro atoms. The van der Waals surface area contributed by atoms with Crippen molar-refractivity contribution in [2.45, 2.75) is 51.2 Å². The van der Waals surface area contributed by atoms with E-state index in [1.165, 1.54) is 0 Å². The third-order valence-corrected chi connectivity index (χ3v) is 7.98. The fraction of sp³-hybridized carbons (Fsp3) is 0.517. The number of fused-ring (bicyclic) bond motifs is 1. The molecule has 206 valence electrons. The molecule has 0 radical (unpaired) electrons. The molecule has 4 aromatic heterocycles. The molecule has 2 saturated heterocycles. The van der Waals surface area contributed by atoms with Gasteiger partial charge in [0.25, 0.3) is 0 Å². The standard InChI is InChI=1S/C29H39N9O/c1-4-37-9-5-24(6-10-37)38-19-22(15-33-38)25-16-31-29-27(25)35-26(17-32-29)20-13-21(18-36(2)3)28(30-14-20)34-23-7-11-39-12-8-23/h13-17,19,23-24H,4-12,18H2,1-3H3,(H,30,34)(H,31,32). The molecule has 2 aliphatic rings. The van der Waals surface area contributed by atoms with Gasteiger partial charge in [-0.25, -0.2) is 15.0 Å². The van der Waals surface area contributed by atoms with Crippen LogP contribution in [0.25, 0.3) is 33.5 Å². The number of aromatic amines is 1. The second-order valence-electron chi connectivity index (χ2n) is 11.0. The van der Waals surface area contributed by atoms with Gasteiger partial charge in [-0.05, 0) is 52.4 Å². The Bertz CT molecular complexity index is 1400. The lowest BCUT2D eigenvalue weighted by Crippen LogP contribution is -2.34. The van der Waals surface area contributed by atoms with Crippen LogP contribution in [0.5, 0.6) is 0 Å². The Kier molecular flexibility index (Phi) is 7.58. The van der Waals surface area contributed by atoms with Crippen molar-refractivity contribution >= 4 is 17.0 Å². The number of anilines is 1. The zero-order valence-corrected chi connectivity index (χ0v) is 23.2. The number of hydrogen-bond acceptors (Lipinski definition) is 8. The number of aromatic nitrogens is 6. The molecule has 39 heavy (non-hydrogen) atoms. The summed E-state index contributed by atoms with van der Waals surface area (Å²) in [7, 11) is 4.16. The Balaban J connectivity index is 1.27. The van der Waals surface area contributed by atoms with Crippen molar-refractivity contribution in [1.29, 1.82) is 0 Å². The monoisotopic (exact) mass is 529 g/mol. The molecule has 2 N–H and O–H groups in total. The number of rotatable bonds is 8. The van der Waals surface area contributed by atoms with Gasteiger partial charge in [0.2, 0.25) is 0 Å². The van der Waals surface area contributed by atoms with Crippen molar-refractivity contribution in [2.75, 3.05) is 52.3 Å². The first-order valence-electron chi connectivity index (χ1n) is 14.2. The van der Waals surface area contributed by atoms with Gasteiger partial charge in [0.1, 0.15) is 11.3 Å². The van der Waals surface area contributed by atoms with E-state index in [9.17, 15) is 0 Å².